The number of fused-ring (bicyclic) bond motifs is 1. The number of H-pyrrole nitrogens is 1. The van der Waals surface area contributed by atoms with Crippen molar-refractivity contribution < 1.29 is 9.18 Å². The number of imidazole rings is 1. The topological polar surface area (TPSA) is 67.5 Å². The van der Waals surface area contributed by atoms with Crippen molar-refractivity contribution in [1.29, 1.82) is 0 Å². The Hall–Kier alpha value is -3.13. The van der Waals surface area contributed by atoms with Gasteiger partial charge in [-0.1, -0.05) is 6.07 Å². The molecule has 3 heterocycles. The van der Waals surface area contributed by atoms with E-state index in [9.17, 15) is 9.18 Å². The molecule has 7 nitrogen and oxygen atoms in total. The van der Waals surface area contributed by atoms with Crippen LogP contribution >= 0.6 is 0 Å². The van der Waals surface area contributed by atoms with Crippen molar-refractivity contribution in [2.45, 2.75) is 26.2 Å². The number of hydrogen-bond donors (Lipinski definition) is 2. The summed E-state index contributed by atoms with van der Waals surface area (Å²) in [6.45, 7) is 9.35. The van der Waals surface area contributed by atoms with Gasteiger partial charge >= 0.3 is 0 Å². The molecular formula is C27H35FN6O. The number of aryl methyl sites for hydroxylation is 1. The normalized spacial score (nSPS) is 17.8. The van der Waals surface area contributed by atoms with Gasteiger partial charge in [0.05, 0.1) is 11.0 Å². The third-order valence-corrected chi connectivity index (χ3v) is 7.30. The molecule has 1 amide bonds. The lowest BCUT2D eigenvalue weighted by molar-refractivity contribution is -0.125. The molecule has 1 aromatic heterocycles. The molecule has 2 fully saturated rings. The van der Waals surface area contributed by atoms with E-state index in [4.69, 9.17) is 4.98 Å². The number of aromatic nitrogens is 2. The SMILES string of the molecule is Cc1ccc2nc(N3CCC(C(=O)NCCCN4CCN(c5ccc(F)cc5)CC4)CC3)[nH]c2c1. The first kappa shape index (κ1) is 23.6. The third kappa shape index (κ3) is 5.75. The quantitative estimate of drug-likeness (QED) is 0.509. The Balaban J connectivity index is 0.990. The second-order valence-electron chi connectivity index (χ2n) is 9.79. The Morgan fingerprint density at radius 1 is 1.03 bits per heavy atom. The largest absolute Gasteiger partial charge is 0.369 e. The van der Waals surface area contributed by atoms with Crippen LogP contribution in [0.3, 0.4) is 0 Å². The van der Waals surface area contributed by atoms with E-state index in [0.717, 1.165) is 94.3 Å². The number of anilines is 2. The molecule has 2 aliphatic rings. The summed E-state index contributed by atoms with van der Waals surface area (Å²) in [6.07, 6.45) is 2.67. The maximum Gasteiger partial charge on any atom is 0.223 e. The first-order valence-corrected chi connectivity index (χ1v) is 12.8. The van der Waals surface area contributed by atoms with Crippen LogP contribution in [0.25, 0.3) is 11.0 Å². The number of piperidine rings is 1. The third-order valence-electron chi connectivity index (χ3n) is 7.30. The first-order valence-electron chi connectivity index (χ1n) is 12.8. The monoisotopic (exact) mass is 478 g/mol. The lowest BCUT2D eigenvalue weighted by Gasteiger charge is -2.36. The standard InChI is InChI=1S/C27H35FN6O/c1-20-3-8-24-25(19-20)31-27(30-24)34-13-9-21(10-14-34)26(35)29-11-2-12-32-15-17-33(18-16-32)23-6-4-22(28)5-7-23/h3-8,19,21H,2,9-18H2,1H3,(H,29,35)(H,30,31). The maximum absolute atomic E-state index is 13.1. The Bertz CT molecular complexity index is 1130. The number of nitrogens with zero attached hydrogens (tertiary/aromatic N) is 4. The van der Waals surface area contributed by atoms with Gasteiger partial charge in [0.15, 0.2) is 0 Å². The fourth-order valence-corrected chi connectivity index (χ4v) is 5.15. The average molecular weight is 479 g/mol. The molecule has 35 heavy (non-hydrogen) atoms. The van der Waals surface area contributed by atoms with Crippen molar-refractivity contribution in [2.75, 3.05) is 62.2 Å². The summed E-state index contributed by atoms with van der Waals surface area (Å²) in [6, 6.07) is 13.0. The molecule has 0 bridgehead atoms. The fraction of sp³-hybridized carbons (Fsp3) is 0.481. The molecule has 2 saturated heterocycles. The van der Waals surface area contributed by atoms with Crippen LogP contribution in [0.4, 0.5) is 16.0 Å². The maximum atomic E-state index is 13.1. The van der Waals surface area contributed by atoms with Gasteiger partial charge in [-0.2, -0.15) is 0 Å². The molecule has 3 aromatic rings. The predicted octanol–water partition coefficient (Wildman–Crippen LogP) is 3.56. The van der Waals surface area contributed by atoms with Crippen LogP contribution in [0.15, 0.2) is 42.5 Å². The highest BCUT2D eigenvalue weighted by Crippen LogP contribution is 2.24. The zero-order chi connectivity index (χ0) is 24.2. The minimum Gasteiger partial charge on any atom is -0.369 e. The van der Waals surface area contributed by atoms with Crippen molar-refractivity contribution in [3.8, 4) is 0 Å². The van der Waals surface area contributed by atoms with Gasteiger partial charge in [0.25, 0.3) is 0 Å². The van der Waals surface area contributed by atoms with E-state index in [1.165, 1.54) is 17.7 Å². The van der Waals surface area contributed by atoms with Crippen LogP contribution in [0.1, 0.15) is 24.8 Å². The number of amides is 1. The number of hydrogen-bond acceptors (Lipinski definition) is 5. The molecule has 2 N–H and O–H groups in total. The van der Waals surface area contributed by atoms with Crippen molar-refractivity contribution >= 4 is 28.6 Å². The van der Waals surface area contributed by atoms with Gasteiger partial charge in [0, 0.05) is 57.4 Å². The summed E-state index contributed by atoms with van der Waals surface area (Å²) < 4.78 is 13.1. The van der Waals surface area contributed by atoms with Crippen molar-refractivity contribution in [3.63, 3.8) is 0 Å². The predicted molar refractivity (Wildman–Crippen MR) is 138 cm³/mol. The minimum atomic E-state index is -0.193. The number of aromatic amines is 1. The number of halogens is 1. The van der Waals surface area contributed by atoms with Crippen molar-refractivity contribution in [1.82, 2.24) is 20.2 Å². The van der Waals surface area contributed by atoms with Gasteiger partial charge in [0.1, 0.15) is 5.82 Å². The summed E-state index contributed by atoms with van der Waals surface area (Å²) >= 11 is 0. The number of nitrogens with one attached hydrogen (secondary N) is 2. The fourth-order valence-electron chi connectivity index (χ4n) is 5.15. The Morgan fingerprint density at radius 2 is 1.77 bits per heavy atom. The molecule has 0 saturated carbocycles. The van der Waals surface area contributed by atoms with E-state index in [1.807, 2.05) is 12.1 Å². The van der Waals surface area contributed by atoms with Crippen LogP contribution in [0.2, 0.25) is 0 Å². The summed E-state index contributed by atoms with van der Waals surface area (Å²) in [5, 5.41) is 3.16. The number of benzene rings is 2. The summed E-state index contributed by atoms with van der Waals surface area (Å²) in [5.41, 5.74) is 4.36. The Labute approximate surface area is 206 Å². The highest BCUT2D eigenvalue weighted by atomic mass is 19.1. The number of carbonyl (C=O) groups is 1. The van der Waals surface area contributed by atoms with E-state index in [0.29, 0.717) is 0 Å². The number of rotatable bonds is 7. The molecule has 0 aliphatic carbocycles. The van der Waals surface area contributed by atoms with Gasteiger partial charge in [-0.15, -0.1) is 0 Å². The summed E-state index contributed by atoms with van der Waals surface area (Å²) in [7, 11) is 0. The van der Waals surface area contributed by atoms with Gasteiger partial charge in [-0.3, -0.25) is 9.69 Å². The molecule has 186 valence electrons. The zero-order valence-electron chi connectivity index (χ0n) is 20.5. The second kappa shape index (κ2) is 10.6. The highest BCUT2D eigenvalue weighted by Gasteiger charge is 2.26. The number of carbonyl (C=O) groups excluding carboxylic acids is 1. The van der Waals surface area contributed by atoms with Gasteiger partial charge in [0.2, 0.25) is 11.9 Å². The van der Waals surface area contributed by atoms with Crippen molar-refractivity contribution in [2.24, 2.45) is 5.92 Å². The van der Waals surface area contributed by atoms with E-state index >= 15 is 0 Å². The Morgan fingerprint density at radius 3 is 2.51 bits per heavy atom. The molecule has 2 aromatic carbocycles. The smallest absolute Gasteiger partial charge is 0.223 e. The molecular weight excluding hydrogens is 443 g/mol. The van der Waals surface area contributed by atoms with Crippen LogP contribution in [-0.2, 0) is 4.79 Å². The molecule has 0 radical (unpaired) electrons. The molecule has 0 spiro atoms. The van der Waals surface area contributed by atoms with E-state index in [1.54, 1.807) is 0 Å². The molecule has 0 unspecified atom stereocenters. The van der Waals surface area contributed by atoms with E-state index in [2.05, 4.69) is 50.1 Å². The molecule has 2 aliphatic heterocycles. The molecule has 0 atom stereocenters. The number of piperazine rings is 1. The lowest BCUT2D eigenvalue weighted by Crippen LogP contribution is -2.47. The van der Waals surface area contributed by atoms with Crippen LogP contribution in [0, 0.1) is 18.7 Å². The van der Waals surface area contributed by atoms with Crippen molar-refractivity contribution in [3.05, 3.63) is 53.8 Å². The molecule has 8 heteroatoms. The van der Waals surface area contributed by atoms with Gasteiger partial charge in [-0.25, -0.2) is 9.37 Å². The van der Waals surface area contributed by atoms with Crippen LogP contribution in [-0.4, -0.2) is 73.1 Å². The van der Waals surface area contributed by atoms with Gasteiger partial charge < -0.3 is 20.1 Å². The lowest BCUT2D eigenvalue weighted by atomic mass is 9.96. The van der Waals surface area contributed by atoms with E-state index < -0.39 is 0 Å². The Kier molecular flexibility index (Phi) is 7.18. The van der Waals surface area contributed by atoms with Crippen LogP contribution in [0.5, 0.6) is 0 Å². The average Bonchev–Trinajstić information content (AvgIpc) is 3.31. The first-order chi connectivity index (χ1) is 17.0. The zero-order valence-corrected chi connectivity index (χ0v) is 20.5. The highest BCUT2D eigenvalue weighted by molar-refractivity contribution is 5.80. The van der Waals surface area contributed by atoms with Gasteiger partial charge in [-0.05, 0) is 74.7 Å². The van der Waals surface area contributed by atoms with Crippen LogP contribution < -0.4 is 15.1 Å². The summed E-state index contributed by atoms with van der Waals surface area (Å²) in [4.78, 5) is 27.8. The summed E-state index contributed by atoms with van der Waals surface area (Å²) in [5.74, 6) is 0.980. The second-order valence-corrected chi connectivity index (χ2v) is 9.79. The molecule has 5 rings (SSSR count). The minimum absolute atomic E-state index is 0.0807. The van der Waals surface area contributed by atoms with E-state index in [-0.39, 0.29) is 17.6 Å².